The van der Waals surface area contributed by atoms with Gasteiger partial charge in [-0.3, -0.25) is 0 Å². The van der Waals surface area contributed by atoms with E-state index < -0.39 is 0 Å². The van der Waals surface area contributed by atoms with Gasteiger partial charge in [0.05, 0.1) is 22.8 Å². The van der Waals surface area contributed by atoms with Crippen LogP contribution in [0.5, 0.6) is 0 Å². The fourth-order valence-electron chi connectivity index (χ4n) is 9.61. The van der Waals surface area contributed by atoms with Crippen LogP contribution in [0, 0.1) is 74.7 Å². The van der Waals surface area contributed by atoms with Gasteiger partial charge in [0.15, 0.2) is 0 Å². The summed E-state index contributed by atoms with van der Waals surface area (Å²) >= 11 is 0. The molecule has 59 heavy (non-hydrogen) atoms. The van der Waals surface area contributed by atoms with Crippen molar-refractivity contribution in [2.45, 2.75) is 62.3 Å². The molecule has 0 saturated carbocycles. The van der Waals surface area contributed by atoms with Gasteiger partial charge in [-0.2, -0.15) is 0 Å². The van der Waals surface area contributed by atoms with Crippen LogP contribution >= 0.6 is 0 Å². The highest BCUT2D eigenvalue weighted by atomic mass is 14.8. The maximum atomic E-state index is 5.95. The van der Waals surface area contributed by atoms with E-state index in [1.807, 2.05) is 0 Å². The maximum Gasteiger partial charge on any atom is 0.0737 e. The quantitative estimate of drug-likeness (QED) is 0.175. The van der Waals surface area contributed by atoms with Crippen LogP contribution in [-0.2, 0) is 0 Å². The molecule has 0 atom stereocenters. The lowest BCUT2D eigenvalue weighted by Gasteiger charge is -2.14. The second kappa shape index (κ2) is 14.5. The van der Waals surface area contributed by atoms with E-state index in [0.29, 0.717) is 0 Å². The number of rotatable bonds is 4. The smallest absolute Gasteiger partial charge is 0.0737 e. The molecule has 7 aromatic rings. The third-order valence-electron chi connectivity index (χ3n) is 11.9. The molecule has 0 saturated heterocycles. The van der Waals surface area contributed by atoms with Crippen molar-refractivity contribution in [1.82, 2.24) is 19.9 Å². The lowest BCUT2D eigenvalue weighted by atomic mass is 9.92. The van der Waals surface area contributed by atoms with E-state index in [0.717, 1.165) is 94.9 Å². The van der Waals surface area contributed by atoms with Crippen LogP contribution in [0.25, 0.3) is 90.9 Å². The Morgan fingerprint density at radius 2 is 0.695 bits per heavy atom. The molecule has 3 aromatic heterocycles. The molecule has 2 aliphatic heterocycles. The third-order valence-corrected chi connectivity index (χ3v) is 11.9. The summed E-state index contributed by atoms with van der Waals surface area (Å²) in [5.41, 5.74) is 27.9. The van der Waals surface area contributed by atoms with Crippen molar-refractivity contribution < 1.29 is 0 Å². The molecule has 4 heteroatoms. The Kier molecular flexibility index (Phi) is 9.21. The van der Waals surface area contributed by atoms with E-state index in [4.69, 9.17) is 16.4 Å². The van der Waals surface area contributed by atoms with Crippen LogP contribution in [0.4, 0.5) is 0 Å². The van der Waals surface area contributed by atoms with Crippen molar-refractivity contribution in [2.75, 3.05) is 0 Å². The number of hydrogen-bond donors (Lipinski definition) is 2. The molecule has 0 fully saturated rings. The summed E-state index contributed by atoms with van der Waals surface area (Å²) in [6.07, 6.45) is 14.7. The lowest BCUT2D eigenvalue weighted by molar-refractivity contribution is 1.27. The van der Waals surface area contributed by atoms with Crippen LogP contribution in [0.15, 0.2) is 84.9 Å². The molecular weight excluding hydrogens is 718 g/mol. The average Bonchev–Trinajstić information content (AvgIpc) is 4.02. The largest absolute Gasteiger partial charge is 0.354 e. The van der Waals surface area contributed by atoms with Gasteiger partial charge < -0.3 is 9.97 Å². The second-order valence-corrected chi connectivity index (χ2v) is 16.5. The van der Waals surface area contributed by atoms with Crippen molar-refractivity contribution in [3.8, 4) is 56.9 Å². The molecule has 2 aliphatic rings. The summed E-state index contributed by atoms with van der Waals surface area (Å²) in [6, 6.07) is 30.9. The van der Waals surface area contributed by atoms with E-state index in [9.17, 15) is 0 Å². The summed E-state index contributed by atoms with van der Waals surface area (Å²) in [6.45, 7) is 19.6. The third kappa shape index (κ3) is 6.54. The molecule has 288 valence electrons. The van der Waals surface area contributed by atoms with E-state index in [1.54, 1.807) is 0 Å². The molecule has 9 rings (SSSR count). The minimum atomic E-state index is 0.866. The van der Waals surface area contributed by atoms with E-state index in [-0.39, 0.29) is 0 Å². The molecule has 0 aliphatic carbocycles. The fraction of sp³-hybridized carbons (Fsp3) is 0.164. The number of hydrogen-bond acceptors (Lipinski definition) is 2. The Morgan fingerprint density at radius 1 is 0.373 bits per heavy atom. The standard InChI is InChI=1S/C55H48N4/c1-11-39-28-37(9)51(38(10)29-39)55-47-22-20-45(58-47)53(49-33(5)24-31(3)25-34(49)6)43-18-16-41(56-43)52(40-14-12-30(2)13-15-40)42-17-19-44(57-42)54(46-21-23-48(55)59-46)50-35(7)26-32(4)27-36(50)8/h1,12-29,56,59H,2-10H3/i52+1. The molecule has 0 radical (unpaired) electrons. The van der Waals surface area contributed by atoms with E-state index in [2.05, 4.69) is 187 Å². The summed E-state index contributed by atoms with van der Waals surface area (Å²) in [4.78, 5) is 19.0. The van der Waals surface area contributed by atoms with Gasteiger partial charge in [0.1, 0.15) is 0 Å². The highest BCUT2D eigenvalue weighted by molar-refractivity contribution is 6.01. The molecule has 2 N–H and O–H groups in total. The predicted octanol–water partition coefficient (Wildman–Crippen LogP) is 14.1. The summed E-state index contributed by atoms with van der Waals surface area (Å²) in [7, 11) is 0. The van der Waals surface area contributed by atoms with Crippen LogP contribution in [-0.4, -0.2) is 19.9 Å². The zero-order valence-electron chi connectivity index (χ0n) is 35.4. The number of benzene rings is 4. The minimum Gasteiger partial charge on any atom is -0.354 e. The van der Waals surface area contributed by atoms with Gasteiger partial charge in [0.25, 0.3) is 0 Å². The first kappa shape index (κ1) is 37.6. The van der Waals surface area contributed by atoms with Crippen LogP contribution in [0.2, 0.25) is 0 Å². The molecule has 4 nitrogen and oxygen atoms in total. The number of nitrogens with zero attached hydrogens (tertiary/aromatic N) is 2. The molecule has 0 spiro atoms. The van der Waals surface area contributed by atoms with Gasteiger partial charge in [0, 0.05) is 49.9 Å². The average molecular weight is 766 g/mol. The molecule has 5 heterocycles. The SMILES string of the molecule is C#Cc1cc(C)c(-c2c3nc(c(-c4c(C)cc(C)cc4C)c4ccc([nH]4)[13c](-c4ccc(C)cc4)c4nc(c(-c5c(C)cc(C)cc5C)c5ccc2[nH]5)C=C4)C=C3)c(C)c1. The number of fused-ring (bicyclic) bond motifs is 8. The van der Waals surface area contributed by atoms with E-state index in [1.165, 1.54) is 50.1 Å². The topological polar surface area (TPSA) is 57.4 Å². The fourth-order valence-corrected chi connectivity index (χ4v) is 9.61. The van der Waals surface area contributed by atoms with Crippen LogP contribution < -0.4 is 0 Å². The highest BCUT2D eigenvalue weighted by Crippen LogP contribution is 2.42. The number of nitrogens with one attached hydrogen (secondary N) is 2. The zero-order valence-corrected chi connectivity index (χ0v) is 35.4. The first-order valence-electron chi connectivity index (χ1n) is 20.4. The van der Waals surface area contributed by atoms with Gasteiger partial charge in [-0.1, -0.05) is 71.1 Å². The first-order chi connectivity index (χ1) is 28.4. The Bertz CT molecular complexity index is 3060. The van der Waals surface area contributed by atoms with Gasteiger partial charge in [0.2, 0.25) is 0 Å². The van der Waals surface area contributed by atoms with Crippen molar-refractivity contribution in [3.05, 3.63) is 163 Å². The molecular formula is C55H48N4. The second-order valence-electron chi connectivity index (χ2n) is 16.5. The molecule has 4 aromatic carbocycles. The van der Waals surface area contributed by atoms with Gasteiger partial charge in [-0.15, -0.1) is 6.42 Å². The highest BCUT2D eigenvalue weighted by Gasteiger charge is 2.22. The maximum absolute atomic E-state index is 5.95. The Balaban J connectivity index is 1.52. The normalized spacial score (nSPS) is 12.0. The number of aromatic amines is 2. The minimum absolute atomic E-state index is 0.866. The first-order valence-corrected chi connectivity index (χ1v) is 20.4. The Hall–Kier alpha value is -6.96. The van der Waals surface area contributed by atoms with Crippen LogP contribution in [0.3, 0.4) is 0 Å². The number of aromatic nitrogens is 4. The van der Waals surface area contributed by atoms with Gasteiger partial charge in [-0.25, -0.2) is 9.97 Å². The van der Waals surface area contributed by atoms with E-state index >= 15 is 0 Å². The molecule has 0 unspecified atom stereocenters. The summed E-state index contributed by atoms with van der Waals surface area (Å²) in [5.74, 6) is 2.86. The van der Waals surface area contributed by atoms with Crippen molar-refractivity contribution >= 4 is 46.4 Å². The number of terminal acetylenes is 1. The number of H-pyrrole nitrogens is 2. The summed E-state index contributed by atoms with van der Waals surface area (Å²) in [5, 5.41) is 0. The molecule has 8 bridgehead atoms. The Labute approximate surface area is 347 Å². The summed E-state index contributed by atoms with van der Waals surface area (Å²) < 4.78 is 0. The van der Waals surface area contributed by atoms with Crippen molar-refractivity contribution in [1.29, 1.82) is 0 Å². The lowest BCUT2D eigenvalue weighted by Crippen LogP contribution is -1.96. The van der Waals surface area contributed by atoms with Crippen molar-refractivity contribution in [2.24, 2.45) is 0 Å². The zero-order chi connectivity index (χ0) is 41.3. The Morgan fingerprint density at radius 3 is 1.05 bits per heavy atom. The predicted molar refractivity (Wildman–Crippen MR) is 251 cm³/mol. The van der Waals surface area contributed by atoms with Crippen molar-refractivity contribution in [3.63, 3.8) is 0 Å². The number of aryl methyl sites for hydroxylation is 9. The van der Waals surface area contributed by atoms with Crippen LogP contribution in [0.1, 0.15) is 78.4 Å². The van der Waals surface area contributed by atoms with Gasteiger partial charge in [-0.05, 0) is 179 Å². The molecule has 0 amide bonds. The van der Waals surface area contributed by atoms with Gasteiger partial charge >= 0.3 is 0 Å². The monoisotopic (exact) mass is 765 g/mol.